The molecule has 0 aliphatic rings. The van der Waals surface area contributed by atoms with Gasteiger partial charge in [0.1, 0.15) is 5.82 Å². The maximum absolute atomic E-state index is 13.0. The van der Waals surface area contributed by atoms with Crippen molar-refractivity contribution >= 4 is 5.97 Å². The van der Waals surface area contributed by atoms with Gasteiger partial charge in [-0.3, -0.25) is 4.90 Å². The van der Waals surface area contributed by atoms with E-state index in [0.29, 0.717) is 18.2 Å². The summed E-state index contributed by atoms with van der Waals surface area (Å²) in [6.45, 7) is 4.74. The van der Waals surface area contributed by atoms with Gasteiger partial charge in [-0.25, -0.2) is 9.18 Å². The number of rotatable bonds is 6. The standard InChI is InChI=1S/C14H20FNO2/c1-4-5-10(2)16(3)9-11-6-7-12(15)8-13(11)14(17)18/h6-8,10H,4-5,9H2,1-3H3,(H,17,18). The molecule has 100 valence electrons. The van der Waals surface area contributed by atoms with E-state index in [-0.39, 0.29) is 5.56 Å². The quantitative estimate of drug-likeness (QED) is 0.846. The highest BCUT2D eigenvalue weighted by Crippen LogP contribution is 2.16. The number of benzene rings is 1. The van der Waals surface area contributed by atoms with Gasteiger partial charge in [-0.05, 0) is 38.1 Å². The summed E-state index contributed by atoms with van der Waals surface area (Å²) < 4.78 is 13.0. The third-order valence-corrected chi connectivity index (χ3v) is 3.18. The van der Waals surface area contributed by atoms with E-state index in [4.69, 9.17) is 5.11 Å². The lowest BCUT2D eigenvalue weighted by Gasteiger charge is -2.25. The minimum absolute atomic E-state index is 0.0468. The van der Waals surface area contributed by atoms with Gasteiger partial charge in [0.2, 0.25) is 0 Å². The fourth-order valence-electron chi connectivity index (χ4n) is 1.95. The summed E-state index contributed by atoms with van der Waals surface area (Å²) in [5, 5.41) is 9.06. The van der Waals surface area contributed by atoms with E-state index in [1.165, 1.54) is 6.07 Å². The Labute approximate surface area is 107 Å². The summed E-state index contributed by atoms with van der Waals surface area (Å²) in [6.07, 6.45) is 2.14. The van der Waals surface area contributed by atoms with E-state index in [0.717, 1.165) is 18.9 Å². The Kier molecular flexibility index (Phi) is 5.28. The zero-order chi connectivity index (χ0) is 13.7. The number of carboxylic acid groups (broad SMARTS) is 1. The van der Waals surface area contributed by atoms with E-state index in [2.05, 4.69) is 18.7 Å². The van der Waals surface area contributed by atoms with Crippen molar-refractivity contribution < 1.29 is 14.3 Å². The number of aromatic carboxylic acids is 1. The van der Waals surface area contributed by atoms with Crippen molar-refractivity contribution in [1.82, 2.24) is 4.90 Å². The largest absolute Gasteiger partial charge is 0.478 e. The summed E-state index contributed by atoms with van der Waals surface area (Å²) >= 11 is 0. The van der Waals surface area contributed by atoms with E-state index in [9.17, 15) is 9.18 Å². The Morgan fingerprint density at radius 3 is 2.72 bits per heavy atom. The molecule has 0 spiro atoms. The van der Waals surface area contributed by atoms with Gasteiger partial charge in [-0.2, -0.15) is 0 Å². The maximum Gasteiger partial charge on any atom is 0.336 e. The Bertz CT molecular complexity index is 420. The van der Waals surface area contributed by atoms with Gasteiger partial charge in [0.25, 0.3) is 0 Å². The Morgan fingerprint density at radius 2 is 2.17 bits per heavy atom. The molecule has 0 aromatic heterocycles. The predicted molar refractivity (Wildman–Crippen MR) is 69.2 cm³/mol. The van der Waals surface area contributed by atoms with Crippen LogP contribution in [0.2, 0.25) is 0 Å². The van der Waals surface area contributed by atoms with Crippen LogP contribution < -0.4 is 0 Å². The first kappa shape index (κ1) is 14.6. The first-order valence-electron chi connectivity index (χ1n) is 6.17. The van der Waals surface area contributed by atoms with E-state index >= 15 is 0 Å². The average molecular weight is 253 g/mol. The second-order valence-electron chi connectivity index (χ2n) is 4.66. The van der Waals surface area contributed by atoms with Crippen LogP contribution in [0, 0.1) is 5.82 Å². The highest BCUT2D eigenvalue weighted by molar-refractivity contribution is 5.89. The fraction of sp³-hybridized carbons (Fsp3) is 0.500. The lowest BCUT2D eigenvalue weighted by Crippen LogP contribution is -2.29. The summed E-state index contributed by atoms with van der Waals surface area (Å²) in [7, 11) is 1.95. The average Bonchev–Trinajstić information content (AvgIpc) is 2.31. The van der Waals surface area contributed by atoms with Crippen molar-refractivity contribution in [2.45, 2.75) is 39.3 Å². The highest BCUT2D eigenvalue weighted by Gasteiger charge is 2.15. The second-order valence-corrected chi connectivity index (χ2v) is 4.66. The van der Waals surface area contributed by atoms with Crippen LogP contribution in [0.25, 0.3) is 0 Å². The fourth-order valence-corrected chi connectivity index (χ4v) is 1.95. The molecule has 0 aliphatic heterocycles. The van der Waals surface area contributed by atoms with Crippen LogP contribution >= 0.6 is 0 Å². The molecule has 18 heavy (non-hydrogen) atoms. The number of hydrogen-bond acceptors (Lipinski definition) is 2. The molecule has 0 bridgehead atoms. The molecule has 1 atom stereocenters. The highest BCUT2D eigenvalue weighted by atomic mass is 19.1. The van der Waals surface area contributed by atoms with Crippen LogP contribution in [-0.2, 0) is 6.54 Å². The molecule has 0 heterocycles. The van der Waals surface area contributed by atoms with Gasteiger partial charge < -0.3 is 5.11 Å². The zero-order valence-electron chi connectivity index (χ0n) is 11.1. The van der Waals surface area contributed by atoms with Gasteiger partial charge in [-0.15, -0.1) is 0 Å². The molecular formula is C14H20FNO2. The van der Waals surface area contributed by atoms with Crippen LogP contribution in [0.5, 0.6) is 0 Å². The van der Waals surface area contributed by atoms with Crippen LogP contribution in [-0.4, -0.2) is 29.1 Å². The summed E-state index contributed by atoms with van der Waals surface area (Å²) in [5.74, 6) is -1.60. The lowest BCUT2D eigenvalue weighted by atomic mass is 10.1. The molecule has 0 amide bonds. The second kappa shape index (κ2) is 6.50. The minimum atomic E-state index is -1.08. The van der Waals surface area contributed by atoms with Crippen LogP contribution in [0.3, 0.4) is 0 Å². The maximum atomic E-state index is 13.0. The van der Waals surface area contributed by atoms with Crippen molar-refractivity contribution in [3.8, 4) is 0 Å². The molecule has 0 fully saturated rings. The Balaban J connectivity index is 2.87. The molecule has 0 saturated heterocycles. The Hall–Kier alpha value is -1.42. The van der Waals surface area contributed by atoms with Crippen molar-refractivity contribution in [2.24, 2.45) is 0 Å². The third kappa shape index (κ3) is 3.81. The zero-order valence-corrected chi connectivity index (χ0v) is 11.1. The number of nitrogens with zero attached hydrogens (tertiary/aromatic N) is 1. The molecule has 0 radical (unpaired) electrons. The summed E-state index contributed by atoms with van der Waals surface area (Å²) in [5.41, 5.74) is 0.694. The molecule has 0 saturated carbocycles. The van der Waals surface area contributed by atoms with Crippen molar-refractivity contribution in [3.63, 3.8) is 0 Å². The number of hydrogen-bond donors (Lipinski definition) is 1. The van der Waals surface area contributed by atoms with E-state index < -0.39 is 11.8 Å². The smallest absolute Gasteiger partial charge is 0.336 e. The van der Waals surface area contributed by atoms with Gasteiger partial charge in [0.15, 0.2) is 0 Å². The number of halogens is 1. The van der Waals surface area contributed by atoms with Crippen LogP contribution in [0.15, 0.2) is 18.2 Å². The molecule has 1 unspecified atom stereocenters. The van der Waals surface area contributed by atoms with Crippen molar-refractivity contribution in [3.05, 3.63) is 35.1 Å². The SMILES string of the molecule is CCCC(C)N(C)Cc1ccc(F)cc1C(=O)O. The molecule has 1 rings (SSSR count). The third-order valence-electron chi connectivity index (χ3n) is 3.18. The van der Waals surface area contributed by atoms with Gasteiger partial charge in [-0.1, -0.05) is 19.4 Å². The van der Waals surface area contributed by atoms with Crippen molar-refractivity contribution in [2.75, 3.05) is 7.05 Å². The van der Waals surface area contributed by atoms with E-state index in [1.54, 1.807) is 6.07 Å². The van der Waals surface area contributed by atoms with Crippen molar-refractivity contribution in [1.29, 1.82) is 0 Å². The molecular weight excluding hydrogens is 233 g/mol. The van der Waals surface area contributed by atoms with Gasteiger partial charge in [0.05, 0.1) is 5.56 Å². The normalized spacial score (nSPS) is 12.7. The number of carboxylic acids is 1. The van der Waals surface area contributed by atoms with Gasteiger partial charge in [0, 0.05) is 12.6 Å². The molecule has 1 aromatic rings. The molecule has 1 N–H and O–H groups in total. The first-order chi connectivity index (χ1) is 8.45. The van der Waals surface area contributed by atoms with Crippen LogP contribution in [0.4, 0.5) is 4.39 Å². The topological polar surface area (TPSA) is 40.5 Å². The summed E-state index contributed by atoms with van der Waals surface area (Å²) in [6, 6.07) is 4.31. The Morgan fingerprint density at radius 1 is 1.50 bits per heavy atom. The molecule has 4 heteroatoms. The minimum Gasteiger partial charge on any atom is -0.478 e. The number of carbonyl (C=O) groups is 1. The molecule has 1 aromatic carbocycles. The molecule has 0 aliphatic carbocycles. The summed E-state index contributed by atoms with van der Waals surface area (Å²) in [4.78, 5) is 13.2. The molecule has 3 nitrogen and oxygen atoms in total. The van der Waals surface area contributed by atoms with E-state index in [1.807, 2.05) is 7.05 Å². The first-order valence-corrected chi connectivity index (χ1v) is 6.17. The van der Waals surface area contributed by atoms with Gasteiger partial charge >= 0.3 is 5.97 Å². The van der Waals surface area contributed by atoms with Crippen LogP contribution in [0.1, 0.15) is 42.6 Å². The predicted octanol–water partition coefficient (Wildman–Crippen LogP) is 3.14. The lowest BCUT2D eigenvalue weighted by molar-refractivity contribution is 0.0693. The monoisotopic (exact) mass is 253 g/mol.